The number of ketones is 1. The van der Waals surface area contributed by atoms with E-state index in [1.807, 2.05) is 13.8 Å². The second-order valence-electron chi connectivity index (χ2n) is 3.68. The Hall–Kier alpha value is -0.340. The average Bonchev–Trinajstić information content (AvgIpc) is 2.00. The zero-order valence-corrected chi connectivity index (χ0v) is 10.5. The first-order valence-electron chi connectivity index (χ1n) is 4.48. The molecule has 1 nitrogen and oxygen atoms in total. The van der Waals surface area contributed by atoms with E-state index in [-0.39, 0.29) is 5.78 Å². The second kappa shape index (κ2) is 4.94. The molecule has 0 N–H and O–H groups in total. The van der Waals surface area contributed by atoms with Gasteiger partial charge in [-0.15, -0.1) is 0 Å². The van der Waals surface area contributed by atoms with Gasteiger partial charge in [-0.05, 0) is 24.1 Å². The average molecular weight is 276 g/mol. The van der Waals surface area contributed by atoms with Crippen LogP contribution in [0, 0.1) is 5.92 Å². The van der Waals surface area contributed by atoms with Gasteiger partial charge in [-0.2, -0.15) is 0 Å². The van der Waals surface area contributed by atoms with Crippen LogP contribution < -0.4 is 0 Å². The molecule has 0 spiro atoms. The first kappa shape index (κ1) is 11.7. The fourth-order valence-electron chi connectivity index (χ4n) is 1.20. The van der Waals surface area contributed by atoms with Crippen molar-refractivity contribution in [2.45, 2.75) is 20.3 Å². The van der Waals surface area contributed by atoms with Crippen LogP contribution in [0.2, 0.25) is 5.02 Å². The molecule has 0 atom stereocenters. The van der Waals surface area contributed by atoms with E-state index < -0.39 is 0 Å². The standard InChI is InChI=1S/C11H12BrClO/c1-7(2)3-11(14)8-4-9(12)6-10(13)5-8/h4-7H,3H2,1-2H3. The molecule has 76 valence electrons. The van der Waals surface area contributed by atoms with Crippen molar-refractivity contribution in [2.24, 2.45) is 5.92 Å². The van der Waals surface area contributed by atoms with Gasteiger partial charge in [-0.25, -0.2) is 0 Å². The molecule has 0 bridgehead atoms. The van der Waals surface area contributed by atoms with Crippen LogP contribution in [0.1, 0.15) is 30.6 Å². The van der Waals surface area contributed by atoms with Crippen molar-refractivity contribution in [1.82, 2.24) is 0 Å². The summed E-state index contributed by atoms with van der Waals surface area (Å²) < 4.78 is 0.845. The quantitative estimate of drug-likeness (QED) is 0.750. The van der Waals surface area contributed by atoms with E-state index in [4.69, 9.17) is 11.6 Å². The van der Waals surface area contributed by atoms with E-state index in [0.717, 1.165) is 4.47 Å². The highest BCUT2D eigenvalue weighted by Gasteiger charge is 2.09. The lowest BCUT2D eigenvalue weighted by Crippen LogP contribution is -2.03. The molecule has 0 radical (unpaired) electrons. The second-order valence-corrected chi connectivity index (χ2v) is 5.03. The maximum atomic E-state index is 11.7. The summed E-state index contributed by atoms with van der Waals surface area (Å²) in [7, 11) is 0. The number of carbonyl (C=O) groups excluding carboxylic acids is 1. The van der Waals surface area contributed by atoms with Gasteiger partial charge in [-0.3, -0.25) is 4.79 Å². The Labute approximate surface area is 97.6 Å². The molecule has 0 aromatic heterocycles. The highest BCUT2D eigenvalue weighted by Crippen LogP contribution is 2.21. The first-order chi connectivity index (χ1) is 6.49. The smallest absolute Gasteiger partial charge is 0.163 e. The first-order valence-corrected chi connectivity index (χ1v) is 5.65. The molecular weight excluding hydrogens is 263 g/mol. The maximum absolute atomic E-state index is 11.7. The van der Waals surface area contributed by atoms with Gasteiger partial charge in [0.25, 0.3) is 0 Å². The monoisotopic (exact) mass is 274 g/mol. The summed E-state index contributed by atoms with van der Waals surface area (Å²) in [5.41, 5.74) is 0.679. The van der Waals surface area contributed by atoms with Crippen molar-refractivity contribution in [3.05, 3.63) is 33.3 Å². The summed E-state index contributed by atoms with van der Waals surface area (Å²) in [6, 6.07) is 5.28. The van der Waals surface area contributed by atoms with Gasteiger partial charge >= 0.3 is 0 Å². The molecule has 0 heterocycles. The number of hydrogen-bond donors (Lipinski definition) is 0. The minimum atomic E-state index is 0.142. The van der Waals surface area contributed by atoms with Crippen molar-refractivity contribution < 1.29 is 4.79 Å². The van der Waals surface area contributed by atoms with Gasteiger partial charge < -0.3 is 0 Å². The third kappa shape index (κ3) is 3.43. The predicted molar refractivity (Wildman–Crippen MR) is 62.9 cm³/mol. The van der Waals surface area contributed by atoms with Crippen LogP contribution in [-0.2, 0) is 0 Å². The molecule has 0 aliphatic rings. The number of rotatable bonds is 3. The fourth-order valence-corrected chi connectivity index (χ4v) is 2.06. The molecule has 0 amide bonds. The molecule has 0 fully saturated rings. The van der Waals surface area contributed by atoms with Crippen molar-refractivity contribution in [1.29, 1.82) is 0 Å². The summed E-state index contributed by atoms with van der Waals surface area (Å²) >= 11 is 9.16. The van der Waals surface area contributed by atoms with Gasteiger partial charge in [-0.1, -0.05) is 41.4 Å². The van der Waals surface area contributed by atoms with Crippen molar-refractivity contribution in [3.8, 4) is 0 Å². The molecule has 3 heteroatoms. The Balaban J connectivity index is 2.90. The summed E-state index contributed by atoms with van der Waals surface area (Å²) in [6.45, 7) is 4.05. The van der Waals surface area contributed by atoms with E-state index >= 15 is 0 Å². The summed E-state index contributed by atoms with van der Waals surface area (Å²) in [4.78, 5) is 11.7. The Morgan fingerprint density at radius 3 is 2.57 bits per heavy atom. The van der Waals surface area contributed by atoms with Crippen molar-refractivity contribution in [3.63, 3.8) is 0 Å². The Bertz CT molecular complexity index is 327. The number of halogens is 2. The van der Waals surface area contributed by atoms with Crippen LogP contribution in [0.4, 0.5) is 0 Å². The van der Waals surface area contributed by atoms with Gasteiger partial charge in [0, 0.05) is 21.5 Å². The SMILES string of the molecule is CC(C)CC(=O)c1cc(Cl)cc(Br)c1. The number of carbonyl (C=O) groups is 1. The minimum Gasteiger partial charge on any atom is -0.294 e. The van der Waals surface area contributed by atoms with E-state index in [1.165, 1.54) is 0 Å². The Morgan fingerprint density at radius 1 is 1.43 bits per heavy atom. The number of benzene rings is 1. The van der Waals surface area contributed by atoms with E-state index in [1.54, 1.807) is 18.2 Å². The number of hydrogen-bond acceptors (Lipinski definition) is 1. The van der Waals surface area contributed by atoms with E-state index in [2.05, 4.69) is 15.9 Å². The van der Waals surface area contributed by atoms with E-state index in [9.17, 15) is 4.79 Å². The van der Waals surface area contributed by atoms with Gasteiger partial charge in [0.05, 0.1) is 0 Å². The molecule has 1 aromatic carbocycles. The third-order valence-electron chi connectivity index (χ3n) is 1.78. The fraction of sp³-hybridized carbons (Fsp3) is 0.364. The van der Waals surface area contributed by atoms with Gasteiger partial charge in [0.1, 0.15) is 0 Å². The number of Topliss-reactive ketones (excluding diaryl/α,β-unsaturated/α-hetero) is 1. The molecule has 0 aliphatic heterocycles. The van der Waals surface area contributed by atoms with Crippen LogP contribution in [0.3, 0.4) is 0 Å². The minimum absolute atomic E-state index is 0.142. The summed E-state index contributed by atoms with van der Waals surface area (Å²) in [5.74, 6) is 0.517. The lowest BCUT2D eigenvalue weighted by atomic mass is 10.0. The summed E-state index contributed by atoms with van der Waals surface area (Å²) in [6.07, 6.45) is 0.562. The van der Waals surface area contributed by atoms with Crippen LogP contribution in [0.5, 0.6) is 0 Å². The third-order valence-corrected chi connectivity index (χ3v) is 2.45. The zero-order chi connectivity index (χ0) is 10.7. The van der Waals surface area contributed by atoms with Crippen LogP contribution in [0.25, 0.3) is 0 Å². The molecule has 0 saturated heterocycles. The topological polar surface area (TPSA) is 17.1 Å². The Kier molecular flexibility index (Phi) is 4.14. The molecule has 0 saturated carbocycles. The predicted octanol–water partition coefficient (Wildman–Crippen LogP) is 4.33. The molecule has 1 aromatic rings. The lowest BCUT2D eigenvalue weighted by Gasteiger charge is -2.04. The lowest BCUT2D eigenvalue weighted by molar-refractivity contribution is 0.0968. The zero-order valence-electron chi connectivity index (χ0n) is 8.18. The highest BCUT2D eigenvalue weighted by molar-refractivity contribution is 9.10. The van der Waals surface area contributed by atoms with Gasteiger partial charge in [0.15, 0.2) is 5.78 Å². The molecule has 0 aliphatic carbocycles. The summed E-state index contributed by atoms with van der Waals surface area (Å²) in [5, 5.41) is 0.589. The molecule has 0 unspecified atom stereocenters. The Morgan fingerprint density at radius 2 is 2.07 bits per heavy atom. The molecule has 14 heavy (non-hydrogen) atoms. The highest BCUT2D eigenvalue weighted by atomic mass is 79.9. The van der Waals surface area contributed by atoms with Crippen molar-refractivity contribution >= 4 is 33.3 Å². The van der Waals surface area contributed by atoms with Crippen LogP contribution >= 0.6 is 27.5 Å². The van der Waals surface area contributed by atoms with Crippen LogP contribution in [0.15, 0.2) is 22.7 Å². The van der Waals surface area contributed by atoms with E-state index in [0.29, 0.717) is 22.9 Å². The van der Waals surface area contributed by atoms with Gasteiger partial charge in [0.2, 0.25) is 0 Å². The van der Waals surface area contributed by atoms with Crippen LogP contribution in [-0.4, -0.2) is 5.78 Å². The largest absolute Gasteiger partial charge is 0.294 e. The molecular formula is C11H12BrClO. The molecule has 1 rings (SSSR count). The van der Waals surface area contributed by atoms with Crippen molar-refractivity contribution in [2.75, 3.05) is 0 Å². The normalized spacial score (nSPS) is 10.6. The maximum Gasteiger partial charge on any atom is 0.163 e.